The Bertz CT molecular complexity index is 1610. The van der Waals surface area contributed by atoms with Gasteiger partial charge in [-0.2, -0.15) is 0 Å². The van der Waals surface area contributed by atoms with Crippen molar-refractivity contribution in [3.63, 3.8) is 0 Å². The first-order chi connectivity index (χ1) is 18.8. The van der Waals surface area contributed by atoms with Crippen molar-refractivity contribution in [2.45, 2.75) is 32.7 Å². The molecule has 0 unspecified atom stereocenters. The highest BCUT2D eigenvalue weighted by atomic mass is 35.5. The van der Waals surface area contributed by atoms with Crippen LogP contribution in [0.2, 0.25) is 5.02 Å². The molecule has 3 aromatic rings. The molecule has 0 amide bonds. The molecule has 0 radical (unpaired) electrons. The number of fused-ring (bicyclic) bond motifs is 1. The normalized spacial score (nSPS) is 15.0. The first-order valence-electron chi connectivity index (χ1n) is 12.3. The average Bonchev–Trinajstić information content (AvgIpc) is 3.22. The van der Waals surface area contributed by atoms with Crippen LogP contribution >= 0.6 is 22.9 Å². The van der Waals surface area contributed by atoms with Crippen molar-refractivity contribution in [2.75, 3.05) is 20.3 Å². The second-order valence-electron chi connectivity index (χ2n) is 8.55. The number of benzene rings is 2. The molecule has 39 heavy (non-hydrogen) atoms. The molecule has 0 saturated heterocycles. The Kier molecular flexibility index (Phi) is 8.88. The van der Waals surface area contributed by atoms with Crippen molar-refractivity contribution in [1.82, 2.24) is 4.57 Å². The van der Waals surface area contributed by atoms with Gasteiger partial charge < -0.3 is 19.3 Å². The first-order valence-corrected chi connectivity index (χ1v) is 13.5. The third-order valence-corrected chi connectivity index (χ3v) is 7.14. The molecule has 9 nitrogen and oxygen atoms in total. The zero-order valence-corrected chi connectivity index (χ0v) is 23.2. The van der Waals surface area contributed by atoms with Crippen LogP contribution in [0.25, 0.3) is 6.08 Å². The van der Waals surface area contributed by atoms with Crippen LogP contribution in [0.1, 0.15) is 43.9 Å². The molecule has 0 fully saturated rings. The van der Waals surface area contributed by atoms with E-state index in [9.17, 15) is 14.4 Å². The van der Waals surface area contributed by atoms with E-state index < -0.39 is 24.6 Å². The van der Waals surface area contributed by atoms with Crippen LogP contribution in [0, 0.1) is 0 Å². The number of ether oxygens (including phenoxy) is 3. The van der Waals surface area contributed by atoms with E-state index in [1.807, 2.05) is 6.92 Å². The van der Waals surface area contributed by atoms with Crippen LogP contribution in [0.15, 0.2) is 63.5 Å². The molecule has 1 aliphatic heterocycles. The van der Waals surface area contributed by atoms with Crippen molar-refractivity contribution >= 4 is 41.0 Å². The number of carbonyl (C=O) groups is 2. The number of methoxy groups -OCH3 is 1. The van der Waals surface area contributed by atoms with E-state index in [1.165, 1.54) is 23.0 Å². The zero-order chi connectivity index (χ0) is 28.1. The lowest BCUT2D eigenvalue weighted by Crippen LogP contribution is -2.40. The third-order valence-electron chi connectivity index (χ3n) is 5.92. The number of carbonyl (C=O) groups excluding carboxylic acids is 1. The van der Waals surface area contributed by atoms with Gasteiger partial charge in [0, 0.05) is 10.6 Å². The number of hydrogen-bond donors (Lipinski definition) is 1. The molecule has 1 aromatic heterocycles. The first kappa shape index (κ1) is 28.1. The molecule has 11 heteroatoms. The van der Waals surface area contributed by atoms with Crippen molar-refractivity contribution in [1.29, 1.82) is 0 Å². The van der Waals surface area contributed by atoms with Gasteiger partial charge in [-0.15, -0.1) is 0 Å². The molecule has 2 heterocycles. The predicted molar refractivity (Wildman–Crippen MR) is 147 cm³/mol. The molecule has 4 rings (SSSR count). The van der Waals surface area contributed by atoms with E-state index in [4.69, 9.17) is 35.9 Å². The Morgan fingerprint density at radius 3 is 2.56 bits per heavy atom. The van der Waals surface area contributed by atoms with Gasteiger partial charge in [0.25, 0.3) is 5.56 Å². The fraction of sp³-hybridized carbons (Fsp3) is 0.286. The quantitative estimate of drug-likeness (QED) is 0.369. The number of carboxylic acids is 1. The standard InChI is InChI=1S/C28H27ClN2O7S/c1-4-6-20-24(27(35)37-5-2)25(19-14-17(29)9-12-21(19)36-3)31-26(34)22(39-28(31)30-20)13-16-7-10-18(11-8-16)38-15-23(32)33/h7-14,25H,4-6,15H2,1-3H3,(H,32,33)/b22-13+/t25-/m1/s1. The number of thiazole rings is 1. The average molecular weight is 571 g/mol. The van der Waals surface area contributed by atoms with Crippen LogP contribution in [0.3, 0.4) is 0 Å². The number of rotatable bonds is 10. The fourth-order valence-corrected chi connectivity index (χ4v) is 5.49. The molecule has 1 atom stereocenters. The smallest absolute Gasteiger partial charge is 0.341 e. The number of carboxylic acid groups (broad SMARTS) is 1. The molecular weight excluding hydrogens is 544 g/mol. The summed E-state index contributed by atoms with van der Waals surface area (Å²) in [5.41, 5.74) is 1.74. The Morgan fingerprint density at radius 1 is 1.18 bits per heavy atom. The maximum Gasteiger partial charge on any atom is 0.341 e. The van der Waals surface area contributed by atoms with Crippen molar-refractivity contribution in [3.8, 4) is 11.5 Å². The Balaban J connectivity index is 1.92. The van der Waals surface area contributed by atoms with E-state index in [1.54, 1.807) is 55.5 Å². The highest BCUT2D eigenvalue weighted by Crippen LogP contribution is 2.38. The van der Waals surface area contributed by atoms with Crippen molar-refractivity contribution < 1.29 is 28.9 Å². The summed E-state index contributed by atoms with van der Waals surface area (Å²) >= 11 is 7.57. The predicted octanol–water partition coefficient (Wildman–Crippen LogP) is 3.70. The van der Waals surface area contributed by atoms with Gasteiger partial charge in [0.1, 0.15) is 17.5 Å². The fourth-order valence-electron chi connectivity index (χ4n) is 4.29. The van der Waals surface area contributed by atoms with E-state index in [0.29, 0.717) is 49.1 Å². The number of hydrogen-bond acceptors (Lipinski definition) is 8. The van der Waals surface area contributed by atoms with E-state index in [0.717, 1.165) is 6.42 Å². The largest absolute Gasteiger partial charge is 0.496 e. The van der Waals surface area contributed by atoms with Gasteiger partial charge >= 0.3 is 11.9 Å². The van der Waals surface area contributed by atoms with Gasteiger partial charge in [-0.3, -0.25) is 9.36 Å². The molecule has 1 aliphatic rings. The Labute approximate surface area is 233 Å². The minimum atomic E-state index is -1.07. The molecule has 0 bridgehead atoms. The van der Waals surface area contributed by atoms with E-state index >= 15 is 0 Å². The number of nitrogens with zero attached hydrogens (tertiary/aromatic N) is 2. The number of aromatic nitrogens is 1. The summed E-state index contributed by atoms with van der Waals surface area (Å²) in [7, 11) is 1.51. The molecule has 0 saturated carbocycles. The maximum atomic E-state index is 13.9. The van der Waals surface area contributed by atoms with Crippen LogP contribution < -0.4 is 24.4 Å². The summed E-state index contributed by atoms with van der Waals surface area (Å²) in [6.07, 6.45) is 2.95. The maximum absolute atomic E-state index is 13.9. The summed E-state index contributed by atoms with van der Waals surface area (Å²) < 4.78 is 18.1. The highest BCUT2D eigenvalue weighted by molar-refractivity contribution is 7.07. The number of aliphatic carboxylic acids is 1. The van der Waals surface area contributed by atoms with Crippen LogP contribution in [-0.2, 0) is 14.3 Å². The molecule has 204 valence electrons. The van der Waals surface area contributed by atoms with Crippen LogP contribution in [0.4, 0.5) is 0 Å². The third kappa shape index (κ3) is 6.07. The Morgan fingerprint density at radius 2 is 1.92 bits per heavy atom. The summed E-state index contributed by atoms with van der Waals surface area (Å²) in [4.78, 5) is 43.1. The molecular formula is C28H27ClN2O7S. The lowest BCUT2D eigenvalue weighted by Gasteiger charge is -2.27. The summed E-state index contributed by atoms with van der Waals surface area (Å²) in [6.45, 7) is 3.42. The number of esters is 1. The van der Waals surface area contributed by atoms with Gasteiger partial charge in [-0.1, -0.05) is 48.4 Å². The second kappa shape index (κ2) is 12.3. The highest BCUT2D eigenvalue weighted by Gasteiger charge is 2.36. The summed E-state index contributed by atoms with van der Waals surface area (Å²) in [5.74, 6) is -0.763. The second-order valence-corrected chi connectivity index (χ2v) is 10.00. The Hall–Kier alpha value is -3.89. The lowest BCUT2D eigenvalue weighted by molar-refractivity contribution is -0.140. The number of allylic oxidation sites excluding steroid dienone is 1. The zero-order valence-electron chi connectivity index (χ0n) is 21.6. The minimum absolute atomic E-state index is 0.164. The minimum Gasteiger partial charge on any atom is -0.496 e. The molecule has 0 spiro atoms. The van der Waals surface area contributed by atoms with Crippen LogP contribution in [-0.4, -0.2) is 41.9 Å². The molecule has 1 N–H and O–H groups in total. The van der Waals surface area contributed by atoms with E-state index in [2.05, 4.69) is 0 Å². The number of halogens is 1. The SMILES string of the molecule is CCCC1=C(C(=O)OCC)[C@@H](c2cc(Cl)ccc2OC)n2c(s/c(=C/c3ccc(OCC(=O)O)cc3)c2=O)=N1. The molecule has 0 aliphatic carbocycles. The van der Waals surface area contributed by atoms with Gasteiger partial charge in [-0.05, 0) is 55.3 Å². The lowest BCUT2D eigenvalue weighted by atomic mass is 9.93. The van der Waals surface area contributed by atoms with Crippen LogP contribution in [0.5, 0.6) is 11.5 Å². The van der Waals surface area contributed by atoms with Gasteiger partial charge in [0.05, 0.1) is 29.5 Å². The van der Waals surface area contributed by atoms with Crippen molar-refractivity contribution in [2.24, 2.45) is 4.99 Å². The van der Waals surface area contributed by atoms with Crippen molar-refractivity contribution in [3.05, 3.63) is 89.6 Å². The molecule has 2 aromatic carbocycles. The summed E-state index contributed by atoms with van der Waals surface area (Å²) in [5, 5.41) is 9.22. The van der Waals surface area contributed by atoms with Gasteiger partial charge in [-0.25, -0.2) is 14.6 Å². The van der Waals surface area contributed by atoms with E-state index in [-0.39, 0.29) is 17.7 Å². The van der Waals surface area contributed by atoms with Gasteiger partial charge in [0.2, 0.25) is 0 Å². The summed E-state index contributed by atoms with van der Waals surface area (Å²) in [6, 6.07) is 10.9. The van der Waals surface area contributed by atoms with Gasteiger partial charge in [0.15, 0.2) is 11.4 Å². The topological polar surface area (TPSA) is 116 Å². The monoisotopic (exact) mass is 570 g/mol.